The van der Waals surface area contributed by atoms with Gasteiger partial charge in [-0.05, 0) is 37.6 Å². The Morgan fingerprint density at radius 2 is 2.28 bits per heavy atom. The van der Waals surface area contributed by atoms with Gasteiger partial charge < -0.3 is 10.2 Å². The van der Waals surface area contributed by atoms with E-state index in [9.17, 15) is 13.6 Å². The molecule has 1 amide bonds. The highest BCUT2D eigenvalue weighted by Gasteiger charge is 2.21. The molecule has 1 unspecified atom stereocenters. The number of amides is 1. The van der Waals surface area contributed by atoms with E-state index in [0.717, 1.165) is 31.6 Å². The summed E-state index contributed by atoms with van der Waals surface area (Å²) >= 11 is 0. The van der Waals surface area contributed by atoms with Crippen LogP contribution in [0.5, 0.6) is 0 Å². The minimum atomic E-state index is -0.809. The van der Waals surface area contributed by atoms with E-state index in [1.165, 1.54) is 11.0 Å². The summed E-state index contributed by atoms with van der Waals surface area (Å²) in [6.07, 6.45) is 1.02. The molecular weight excluding hydrogens is 238 g/mol. The number of halogens is 2. The van der Waals surface area contributed by atoms with Gasteiger partial charge in [-0.15, -0.1) is 0 Å². The summed E-state index contributed by atoms with van der Waals surface area (Å²) in [7, 11) is 1.64. The zero-order valence-electron chi connectivity index (χ0n) is 10.2. The van der Waals surface area contributed by atoms with Crippen LogP contribution in [0.25, 0.3) is 0 Å². The van der Waals surface area contributed by atoms with Crippen LogP contribution in [-0.2, 0) is 0 Å². The molecule has 3 nitrogen and oxygen atoms in total. The van der Waals surface area contributed by atoms with Crippen molar-refractivity contribution in [1.82, 2.24) is 10.2 Å². The van der Waals surface area contributed by atoms with Gasteiger partial charge in [0.15, 0.2) is 0 Å². The van der Waals surface area contributed by atoms with Crippen molar-refractivity contribution in [3.63, 3.8) is 0 Å². The van der Waals surface area contributed by atoms with Crippen LogP contribution in [0.2, 0.25) is 0 Å². The van der Waals surface area contributed by atoms with E-state index in [-0.39, 0.29) is 5.56 Å². The molecular formula is C13H16F2N2O. The van der Waals surface area contributed by atoms with Crippen LogP contribution in [-0.4, -0.2) is 37.5 Å². The fraction of sp³-hybridized carbons (Fsp3) is 0.462. The summed E-state index contributed by atoms with van der Waals surface area (Å²) in [4.78, 5) is 13.5. The van der Waals surface area contributed by atoms with Crippen molar-refractivity contribution in [2.45, 2.75) is 6.42 Å². The van der Waals surface area contributed by atoms with Crippen molar-refractivity contribution in [3.05, 3.63) is 35.4 Å². The minimum Gasteiger partial charge on any atom is -0.341 e. The molecule has 18 heavy (non-hydrogen) atoms. The maximum absolute atomic E-state index is 13.5. The summed E-state index contributed by atoms with van der Waals surface area (Å²) in [6, 6.07) is 3.02. The van der Waals surface area contributed by atoms with Crippen molar-refractivity contribution in [1.29, 1.82) is 0 Å². The van der Waals surface area contributed by atoms with E-state index in [1.807, 2.05) is 0 Å². The second-order valence-corrected chi connectivity index (χ2v) is 4.67. The monoisotopic (exact) mass is 254 g/mol. The average Bonchev–Trinajstić information content (AvgIpc) is 2.81. The first-order valence-electron chi connectivity index (χ1n) is 5.99. The minimum absolute atomic E-state index is 0.0788. The quantitative estimate of drug-likeness (QED) is 0.889. The Bertz CT molecular complexity index is 445. The molecule has 1 aromatic carbocycles. The van der Waals surface area contributed by atoms with Gasteiger partial charge >= 0.3 is 0 Å². The lowest BCUT2D eigenvalue weighted by atomic mass is 10.1. The van der Waals surface area contributed by atoms with E-state index < -0.39 is 17.5 Å². The third kappa shape index (κ3) is 2.85. The van der Waals surface area contributed by atoms with Crippen molar-refractivity contribution in [2.24, 2.45) is 5.92 Å². The molecule has 0 radical (unpaired) electrons. The van der Waals surface area contributed by atoms with E-state index in [2.05, 4.69) is 5.32 Å². The summed E-state index contributed by atoms with van der Waals surface area (Å²) < 4.78 is 26.2. The van der Waals surface area contributed by atoms with Crippen LogP contribution in [0.4, 0.5) is 8.78 Å². The summed E-state index contributed by atoms with van der Waals surface area (Å²) in [5, 5.41) is 3.21. The molecule has 1 N–H and O–H groups in total. The van der Waals surface area contributed by atoms with E-state index in [1.54, 1.807) is 7.05 Å². The van der Waals surface area contributed by atoms with Gasteiger partial charge in [-0.3, -0.25) is 4.79 Å². The number of benzene rings is 1. The number of nitrogens with one attached hydrogen (secondary N) is 1. The fourth-order valence-electron chi connectivity index (χ4n) is 2.21. The number of hydrogen-bond donors (Lipinski definition) is 1. The number of carbonyl (C=O) groups excluding carboxylic acids is 1. The molecule has 0 saturated carbocycles. The van der Waals surface area contributed by atoms with Crippen LogP contribution in [0.15, 0.2) is 18.2 Å². The number of nitrogens with zero attached hydrogens (tertiary/aromatic N) is 1. The lowest BCUT2D eigenvalue weighted by Crippen LogP contribution is -2.33. The first-order valence-corrected chi connectivity index (χ1v) is 5.99. The first kappa shape index (κ1) is 13.0. The molecule has 0 bridgehead atoms. The van der Waals surface area contributed by atoms with Gasteiger partial charge in [-0.1, -0.05) is 0 Å². The summed E-state index contributed by atoms with van der Waals surface area (Å²) in [5.41, 5.74) is -0.0788. The highest BCUT2D eigenvalue weighted by molar-refractivity contribution is 5.94. The SMILES string of the molecule is CN(CC1CCNC1)C(=O)c1ccc(F)cc1F. The van der Waals surface area contributed by atoms with Gasteiger partial charge in [0.05, 0.1) is 5.56 Å². The third-order valence-corrected chi connectivity index (χ3v) is 3.20. The van der Waals surface area contributed by atoms with Crippen LogP contribution in [0.1, 0.15) is 16.8 Å². The maximum atomic E-state index is 13.5. The predicted molar refractivity (Wildman–Crippen MR) is 64.3 cm³/mol. The maximum Gasteiger partial charge on any atom is 0.256 e. The second kappa shape index (κ2) is 5.44. The van der Waals surface area contributed by atoms with Crippen LogP contribution < -0.4 is 5.32 Å². The van der Waals surface area contributed by atoms with Gasteiger partial charge in [0.1, 0.15) is 11.6 Å². The lowest BCUT2D eigenvalue weighted by Gasteiger charge is -2.21. The molecule has 0 aliphatic carbocycles. The Hall–Kier alpha value is -1.49. The Kier molecular flexibility index (Phi) is 3.91. The summed E-state index contributed by atoms with van der Waals surface area (Å²) in [6.45, 7) is 2.42. The molecule has 1 heterocycles. The standard InChI is InChI=1S/C13H16F2N2O/c1-17(8-9-4-5-16-7-9)13(18)11-3-2-10(14)6-12(11)15/h2-3,6,9,16H,4-5,7-8H2,1H3. The van der Waals surface area contributed by atoms with Crippen LogP contribution in [0, 0.1) is 17.6 Å². The zero-order chi connectivity index (χ0) is 13.1. The predicted octanol–water partition coefficient (Wildman–Crippen LogP) is 1.65. The molecule has 98 valence electrons. The van der Waals surface area contributed by atoms with Crippen molar-refractivity contribution in [2.75, 3.05) is 26.7 Å². The Morgan fingerprint density at radius 1 is 1.50 bits per heavy atom. The van der Waals surface area contributed by atoms with Crippen molar-refractivity contribution >= 4 is 5.91 Å². The van der Waals surface area contributed by atoms with E-state index >= 15 is 0 Å². The molecule has 1 aromatic rings. The highest BCUT2D eigenvalue weighted by atomic mass is 19.1. The molecule has 2 rings (SSSR count). The van der Waals surface area contributed by atoms with Gasteiger partial charge in [0.2, 0.25) is 0 Å². The molecule has 0 aromatic heterocycles. The Balaban J connectivity index is 2.05. The van der Waals surface area contributed by atoms with E-state index in [0.29, 0.717) is 12.5 Å². The first-order chi connectivity index (χ1) is 8.58. The lowest BCUT2D eigenvalue weighted by molar-refractivity contribution is 0.0771. The van der Waals surface area contributed by atoms with Crippen molar-refractivity contribution in [3.8, 4) is 0 Å². The smallest absolute Gasteiger partial charge is 0.256 e. The molecule has 5 heteroatoms. The zero-order valence-corrected chi connectivity index (χ0v) is 10.2. The number of hydrogen-bond acceptors (Lipinski definition) is 2. The Morgan fingerprint density at radius 3 is 2.89 bits per heavy atom. The molecule has 1 atom stereocenters. The normalized spacial score (nSPS) is 18.9. The van der Waals surface area contributed by atoms with E-state index in [4.69, 9.17) is 0 Å². The average molecular weight is 254 g/mol. The molecule has 1 fully saturated rings. The molecule has 1 aliphatic rings. The van der Waals surface area contributed by atoms with Gasteiger partial charge in [0, 0.05) is 19.7 Å². The molecule has 0 spiro atoms. The fourth-order valence-corrected chi connectivity index (χ4v) is 2.21. The van der Waals surface area contributed by atoms with Gasteiger partial charge in [-0.25, -0.2) is 8.78 Å². The molecule has 1 saturated heterocycles. The van der Waals surface area contributed by atoms with Crippen LogP contribution >= 0.6 is 0 Å². The number of rotatable bonds is 3. The van der Waals surface area contributed by atoms with Crippen molar-refractivity contribution < 1.29 is 13.6 Å². The number of carbonyl (C=O) groups is 1. The largest absolute Gasteiger partial charge is 0.341 e. The van der Waals surface area contributed by atoms with Crippen LogP contribution in [0.3, 0.4) is 0 Å². The van der Waals surface area contributed by atoms with Gasteiger partial charge in [0.25, 0.3) is 5.91 Å². The highest BCUT2D eigenvalue weighted by Crippen LogP contribution is 2.14. The van der Waals surface area contributed by atoms with Gasteiger partial charge in [-0.2, -0.15) is 0 Å². The Labute approximate surface area is 105 Å². The molecule has 1 aliphatic heterocycles. The summed E-state index contributed by atoms with van der Waals surface area (Å²) in [5.74, 6) is -1.48. The third-order valence-electron chi connectivity index (χ3n) is 3.20. The second-order valence-electron chi connectivity index (χ2n) is 4.67. The topological polar surface area (TPSA) is 32.3 Å².